The molecule has 0 aliphatic rings. The van der Waals surface area contributed by atoms with E-state index in [0.29, 0.717) is 6.61 Å². The first-order chi connectivity index (χ1) is 8.12. The van der Waals surface area contributed by atoms with Crippen molar-refractivity contribution < 1.29 is 4.74 Å². The maximum atomic E-state index is 5.85. The van der Waals surface area contributed by atoms with Gasteiger partial charge >= 0.3 is 0 Å². The van der Waals surface area contributed by atoms with E-state index in [1.54, 1.807) is 6.20 Å². The lowest BCUT2D eigenvalue weighted by molar-refractivity contribution is 0.219. The summed E-state index contributed by atoms with van der Waals surface area (Å²) in [6, 6.07) is 9.97. The quantitative estimate of drug-likeness (QED) is 0.876. The molecule has 3 heteroatoms. The molecule has 0 bridgehead atoms. The van der Waals surface area contributed by atoms with E-state index in [1.165, 1.54) is 0 Å². The molecule has 0 unspecified atom stereocenters. The van der Waals surface area contributed by atoms with E-state index in [-0.39, 0.29) is 5.54 Å². The fraction of sp³-hybridized carbons (Fsp3) is 0.357. The molecule has 1 aromatic heterocycles. The van der Waals surface area contributed by atoms with Crippen LogP contribution in [0.25, 0.3) is 10.9 Å². The number of para-hydroxylation sites is 1. The van der Waals surface area contributed by atoms with Crippen LogP contribution in [-0.4, -0.2) is 24.2 Å². The van der Waals surface area contributed by atoms with Gasteiger partial charge in [0.2, 0.25) is 0 Å². The molecule has 0 amide bonds. The molecule has 0 aliphatic heterocycles. The van der Waals surface area contributed by atoms with Gasteiger partial charge in [0.15, 0.2) is 0 Å². The molecular weight excluding hydrogens is 212 g/mol. The fourth-order valence-corrected chi connectivity index (χ4v) is 1.52. The average molecular weight is 230 g/mol. The van der Waals surface area contributed by atoms with E-state index in [4.69, 9.17) is 4.74 Å². The summed E-state index contributed by atoms with van der Waals surface area (Å²) in [6.45, 7) is 4.82. The number of nitrogens with one attached hydrogen (secondary N) is 1. The van der Waals surface area contributed by atoms with Crippen LogP contribution in [0.4, 0.5) is 0 Å². The van der Waals surface area contributed by atoms with Crippen LogP contribution in [0.3, 0.4) is 0 Å². The minimum Gasteiger partial charge on any atom is -0.489 e. The molecule has 0 fully saturated rings. The Morgan fingerprint density at radius 2 is 2.00 bits per heavy atom. The first-order valence-corrected chi connectivity index (χ1v) is 5.78. The van der Waals surface area contributed by atoms with Crippen LogP contribution in [0.2, 0.25) is 0 Å². The molecule has 17 heavy (non-hydrogen) atoms. The number of pyridine rings is 1. The summed E-state index contributed by atoms with van der Waals surface area (Å²) < 4.78 is 5.85. The van der Waals surface area contributed by atoms with E-state index < -0.39 is 0 Å². The third kappa shape index (κ3) is 2.74. The Labute approximate surface area is 102 Å². The Morgan fingerprint density at radius 3 is 2.76 bits per heavy atom. The van der Waals surface area contributed by atoms with Crippen LogP contribution in [0, 0.1) is 0 Å². The van der Waals surface area contributed by atoms with Crippen LogP contribution in [0.1, 0.15) is 13.8 Å². The number of nitrogens with zero attached hydrogens (tertiary/aromatic N) is 1. The van der Waals surface area contributed by atoms with Gasteiger partial charge in [-0.1, -0.05) is 18.2 Å². The molecular formula is C14H18N2O. The second-order valence-electron chi connectivity index (χ2n) is 4.75. The lowest BCUT2D eigenvalue weighted by Gasteiger charge is -2.24. The number of fused-ring (bicyclic) bond motifs is 1. The van der Waals surface area contributed by atoms with Crippen molar-refractivity contribution in [2.75, 3.05) is 13.7 Å². The number of benzene rings is 1. The minimum absolute atomic E-state index is 0.0447. The SMILES string of the molecule is CNC(C)(C)COc1cccc2cccnc12. The second kappa shape index (κ2) is 4.72. The molecule has 90 valence electrons. The molecule has 0 radical (unpaired) electrons. The van der Waals surface area contributed by atoms with E-state index >= 15 is 0 Å². The van der Waals surface area contributed by atoms with Crippen LogP contribution < -0.4 is 10.1 Å². The molecule has 0 saturated carbocycles. The van der Waals surface area contributed by atoms with Crippen molar-refractivity contribution in [2.24, 2.45) is 0 Å². The first-order valence-electron chi connectivity index (χ1n) is 5.78. The zero-order valence-electron chi connectivity index (χ0n) is 10.5. The summed E-state index contributed by atoms with van der Waals surface area (Å²) in [5.41, 5.74) is 0.874. The highest BCUT2D eigenvalue weighted by atomic mass is 16.5. The van der Waals surface area contributed by atoms with Crippen molar-refractivity contribution in [1.82, 2.24) is 10.3 Å². The first kappa shape index (κ1) is 11.9. The number of likely N-dealkylation sites (N-methyl/N-ethyl adjacent to an activating group) is 1. The molecule has 0 spiro atoms. The lowest BCUT2D eigenvalue weighted by atomic mass is 10.1. The van der Waals surface area contributed by atoms with Crippen LogP contribution in [0.15, 0.2) is 36.5 Å². The highest BCUT2D eigenvalue weighted by molar-refractivity contribution is 5.84. The number of aromatic nitrogens is 1. The maximum Gasteiger partial charge on any atom is 0.145 e. The summed E-state index contributed by atoms with van der Waals surface area (Å²) in [5.74, 6) is 0.839. The highest BCUT2D eigenvalue weighted by Gasteiger charge is 2.16. The Morgan fingerprint density at radius 1 is 1.24 bits per heavy atom. The van der Waals surface area contributed by atoms with Crippen LogP contribution >= 0.6 is 0 Å². The molecule has 1 N–H and O–H groups in total. The summed E-state index contributed by atoms with van der Waals surface area (Å²) in [4.78, 5) is 4.36. The lowest BCUT2D eigenvalue weighted by Crippen LogP contribution is -2.42. The molecule has 0 atom stereocenters. The maximum absolute atomic E-state index is 5.85. The topological polar surface area (TPSA) is 34.1 Å². The van der Waals surface area contributed by atoms with Gasteiger partial charge in [0.1, 0.15) is 17.9 Å². The minimum atomic E-state index is -0.0447. The normalized spacial score (nSPS) is 11.7. The van der Waals surface area contributed by atoms with Gasteiger partial charge in [-0.2, -0.15) is 0 Å². The number of ether oxygens (including phenoxy) is 1. The molecule has 1 heterocycles. The summed E-state index contributed by atoms with van der Waals surface area (Å²) in [5, 5.41) is 4.32. The Bertz CT molecular complexity index is 503. The van der Waals surface area contributed by atoms with Crippen molar-refractivity contribution in [3.05, 3.63) is 36.5 Å². The zero-order valence-corrected chi connectivity index (χ0v) is 10.5. The van der Waals surface area contributed by atoms with E-state index in [2.05, 4.69) is 24.1 Å². The van der Waals surface area contributed by atoms with Crippen molar-refractivity contribution in [2.45, 2.75) is 19.4 Å². The largest absolute Gasteiger partial charge is 0.489 e. The monoisotopic (exact) mass is 230 g/mol. The molecule has 1 aromatic carbocycles. The zero-order chi connectivity index (χ0) is 12.3. The van der Waals surface area contributed by atoms with Gasteiger partial charge in [0, 0.05) is 17.1 Å². The Hall–Kier alpha value is -1.61. The molecule has 0 saturated heterocycles. The number of hydrogen-bond acceptors (Lipinski definition) is 3. The molecule has 0 aliphatic carbocycles. The van der Waals surface area contributed by atoms with E-state index in [0.717, 1.165) is 16.7 Å². The predicted octanol–water partition coefficient (Wildman–Crippen LogP) is 2.61. The molecule has 3 nitrogen and oxygen atoms in total. The van der Waals surface area contributed by atoms with Crippen LogP contribution in [-0.2, 0) is 0 Å². The number of hydrogen-bond donors (Lipinski definition) is 1. The predicted molar refractivity (Wildman–Crippen MR) is 70.4 cm³/mol. The third-order valence-corrected chi connectivity index (χ3v) is 2.86. The molecule has 2 rings (SSSR count). The smallest absolute Gasteiger partial charge is 0.145 e. The average Bonchev–Trinajstić information content (AvgIpc) is 2.36. The van der Waals surface area contributed by atoms with Crippen molar-refractivity contribution >= 4 is 10.9 Å². The van der Waals surface area contributed by atoms with Crippen molar-refractivity contribution in [3.8, 4) is 5.75 Å². The van der Waals surface area contributed by atoms with E-state index in [1.807, 2.05) is 37.4 Å². The van der Waals surface area contributed by atoms with Gasteiger partial charge in [-0.3, -0.25) is 4.98 Å². The second-order valence-corrected chi connectivity index (χ2v) is 4.75. The highest BCUT2D eigenvalue weighted by Crippen LogP contribution is 2.23. The summed E-state index contributed by atoms with van der Waals surface area (Å²) in [7, 11) is 1.94. The summed E-state index contributed by atoms with van der Waals surface area (Å²) in [6.07, 6.45) is 1.79. The molecule has 2 aromatic rings. The van der Waals surface area contributed by atoms with Crippen molar-refractivity contribution in [1.29, 1.82) is 0 Å². The summed E-state index contributed by atoms with van der Waals surface area (Å²) >= 11 is 0. The van der Waals surface area contributed by atoms with Crippen LogP contribution in [0.5, 0.6) is 5.75 Å². The van der Waals surface area contributed by atoms with Gasteiger partial charge in [-0.05, 0) is 33.0 Å². The third-order valence-electron chi connectivity index (χ3n) is 2.86. The van der Waals surface area contributed by atoms with Gasteiger partial charge in [0.05, 0.1) is 0 Å². The van der Waals surface area contributed by atoms with E-state index in [9.17, 15) is 0 Å². The Balaban J connectivity index is 2.24. The van der Waals surface area contributed by atoms with Gasteiger partial charge in [-0.15, -0.1) is 0 Å². The standard InChI is InChI=1S/C14H18N2O/c1-14(2,15-3)10-17-12-8-4-6-11-7-5-9-16-13(11)12/h4-9,15H,10H2,1-3H3. The van der Waals surface area contributed by atoms with Gasteiger partial charge in [0.25, 0.3) is 0 Å². The fourth-order valence-electron chi connectivity index (χ4n) is 1.52. The van der Waals surface area contributed by atoms with Crippen molar-refractivity contribution in [3.63, 3.8) is 0 Å². The van der Waals surface area contributed by atoms with Gasteiger partial charge in [-0.25, -0.2) is 0 Å². The van der Waals surface area contributed by atoms with Gasteiger partial charge < -0.3 is 10.1 Å². The number of rotatable bonds is 4. The Kier molecular flexibility index (Phi) is 3.29.